The molecular formula is C19H22ClNO3. The van der Waals surface area contributed by atoms with E-state index in [-0.39, 0.29) is 11.9 Å². The van der Waals surface area contributed by atoms with E-state index in [4.69, 9.17) is 21.1 Å². The molecule has 0 aliphatic rings. The first-order valence-electron chi connectivity index (χ1n) is 7.86. The van der Waals surface area contributed by atoms with Gasteiger partial charge in [0.1, 0.15) is 18.1 Å². The predicted octanol–water partition coefficient (Wildman–Crippen LogP) is 4.00. The molecule has 0 radical (unpaired) electrons. The molecule has 1 N–H and O–H groups in total. The summed E-state index contributed by atoms with van der Waals surface area (Å²) in [6, 6.07) is 14.7. The predicted molar refractivity (Wildman–Crippen MR) is 95.8 cm³/mol. The molecule has 0 aromatic heterocycles. The Morgan fingerprint density at radius 1 is 1.12 bits per heavy atom. The molecule has 5 heteroatoms. The van der Waals surface area contributed by atoms with Gasteiger partial charge in [0.25, 0.3) is 5.91 Å². The van der Waals surface area contributed by atoms with Gasteiger partial charge in [-0.2, -0.15) is 0 Å². The summed E-state index contributed by atoms with van der Waals surface area (Å²) >= 11 is 6.03. The maximum atomic E-state index is 12.2. The van der Waals surface area contributed by atoms with Crippen LogP contribution >= 0.6 is 11.6 Å². The molecule has 0 bridgehead atoms. The van der Waals surface area contributed by atoms with E-state index in [9.17, 15) is 4.79 Å². The summed E-state index contributed by atoms with van der Waals surface area (Å²) in [4.78, 5) is 12.2. The molecule has 0 spiro atoms. The number of ether oxygens (including phenoxy) is 2. The minimum Gasteiger partial charge on any atom is -0.491 e. The Morgan fingerprint density at radius 2 is 1.79 bits per heavy atom. The van der Waals surface area contributed by atoms with Crippen molar-refractivity contribution in [2.45, 2.75) is 32.9 Å². The van der Waals surface area contributed by atoms with Crippen molar-refractivity contribution >= 4 is 17.5 Å². The van der Waals surface area contributed by atoms with Gasteiger partial charge in [-0.1, -0.05) is 41.4 Å². The van der Waals surface area contributed by atoms with Gasteiger partial charge in [0, 0.05) is 0 Å². The number of carbonyl (C=O) groups excluding carboxylic acids is 1. The topological polar surface area (TPSA) is 47.6 Å². The lowest BCUT2D eigenvalue weighted by Crippen LogP contribution is -2.43. The Morgan fingerprint density at radius 3 is 2.46 bits per heavy atom. The number of benzene rings is 2. The van der Waals surface area contributed by atoms with E-state index in [1.54, 1.807) is 19.1 Å². The lowest BCUT2D eigenvalue weighted by atomic mass is 10.2. The maximum absolute atomic E-state index is 12.2. The first kappa shape index (κ1) is 18.1. The second-order valence-corrected chi connectivity index (χ2v) is 6.13. The van der Waals surface area contributed by atoms with Crippen molar-refractivity contribution in [3.05, 3.63) is 59.1 Å². The third-order valence-corrected chi connectivity index (χ3v) is 3.73. The lowest BCUT2D eigenvalue weighted by molar-refractivity contribution is -0.128. The summed E-state index contributed by atoms with van der Waals surface area (Å²) in [7, 11) is 0. The highest BCUT2D eigenvalue weighted by Crippen LogP contribution is 2.24. The van der Waals surface area contributed by atoms with Crippen molar-refractivity contribution < 1.29 is 14.3 Å². The van der Waals surface area contributed by atoms with Crippen LogP contribution < -0.4 is 14.8 Å². The summed E-state index contributed by atoms with van der Waals surface area (Å²) in [5, 5.41) is 3.35. The first-order chi connectivity index (χ1) is 11.5. The zero-order valence-corrected chi connectivity index (χ0v) is 14.8. The van der Waals surface area contributed by atoms with Gasteiger partial charge in [-0.05, 0) is 45.0 Å². The molecule has 0 saturated carbocycles. The smallest absolute Gasteiger partial charge is 0.261 e. The van der Waals surface area contributed by atoms with E-state index in [2.05, 4.69) is 5.32 Å². The fraction of sp³-hybridized carbons (Fsp3) is 0.316. The van der Waals surface area contributed by atoms with Gasteiger partial charge in [0.15, 0.2) is 6.10 Å². The van der Waals surface area contributed by atoms with Crippen LogP contribution in [-0.2, 0) is 4.79 Å². The number of nitrogens with one attached hydrogen (secondary N) is 1. The Labute approximate surface area is 147 Å². The Balaban J connectivity index is 1.80. The van der Waals surface area contributed by atoms with Gasteiger partial charge in [0.2, 0.25) is 0 Å². The van der Waals surface area contributed by atoms with Crippen LogP contribution in [0.15, 0.2) is 48.5 Å². The highest BCUT2D eigenvalue weighted by atomic mass is 35.5. The maximum Gasteiger partial charge on any atom is 0.261 e. The molecule has 0 heterocycles. The average molecular weight is 348 g/mol. The molecule has 2 atom stereocenters. The molecule has 0 saturated heterocycles. The number of amides is 1. The summed E-state index contributed by atoms with van der Waals surface area (Å²) < 4.78 is 11.3. The molecular weight excluding hydrogens is 326 g/mol. The van der Waals surface area contributed by atoms with Crippen molar-refractivity contribution in [3.63, 3.8) is 0 Å². The van der Waals surface area contributed by atoms with E-state index >= 15 is 0 Å². The Bertz CT molecular complexity index is 673. The van der Waals surface area contributed by atoms with E-state index in [0.29, 0.717) is 17.4 Å². The van der Waals surface area contributed by atoms with Crippen molar-refractivity contribution in [1.82, 2.24) is 5.32 Å². The summed E-state index contributed by atoms with van der Waals surface area (Å²) in [6.45, 7) is 5.97. The monoisotopic (exact) mass is 347 g/mol. The zero-order chi connectivity index (χ0) is 17.5. The number of hydrogen-bond acceptors (Lipinski definition) is 3. The minimum absolute atomic E-state index is 0.143. The van der Waals surface area contributed by atoms with Gasteiger partial charge in [-0.3, -0.25) is 4.79 Å². The summed E-state index contributed by atoms with van der Waals surface area (Å²) in [5.74, 6) is 1.06. The quantitative estimate of drug-likeness (QED) is 0.823. The number of rotatable bonds is 7. The fourth-order valence-electron chi connectivity index (χ4n) is 2.04. The molecule has 128 valence electrons. The van der Waals surface area contributed by atoms with Gasteiger partial charge < -0.3 is 14.8 Å². The van der Waals surface area contributed by atoms with Crippen LogP contribution in [0.4, 0.5) is 0 Å². The molecule has 24 heavy (non-hydrogen) atoms. The zero-order valence-electron chi connectivity index (χ0n) is 14.1. The Kier molecular flexibility index (Phi) is 6.50. The van der Waals surface area contributed by atoms with E-state index in [0.717, 1.165) is 5.75 Å². The molecule has 4 nitrogen and oxygen atoms in total. The van der Waals surface area contributed by atoms with Gasteiger partial charge in [0.05, 0.1) is 11.1 Å². The van der Waals surface area contributed by atoms with Crippen molar-refractivity contribution in [2.24, 2.45) is 0 Å². The van der Waals surface area contributed by atoms with E-state index in [1.165, 1.54) is 5.56 Å². The summed E-state index contributed by atoms with van der Waals surface area (Å²) in [5.41, 5.74) is 1.18. The van der Waals surface area contributed by atoms with Crippen LogP contribution in [0, 0.1) is 6.92 Å². The largest absolute Gasteiger partial charge is 0.491 e. The van der Waals surface area contributed by atoms with Crippen LogP contribution in [-0.4, -0.2) is 24.7 Å². The third-order valence-electron chi connectivity index (χ3n) is 3.42. The van der Waals surface area contributed by atoms with Gasteiger partial charge >= 0.3 is 0 Å². The van der Waals surface area contributed by atoms with Crippen LogP contribution in [0.1, 0.15) is 19.4 Å². The Hall–Kier alpha value is -2.20. The number of halogens is 1. The van der Waals surface area contributed by atoms with Crippen molar-refractivity contribution in [3.8, 4) is 11.5 Å². The number of carbonyl (C=O) groups is 1. The number of para-hydroxylation sites is 1. The SMILES string of the molecule is Cc1ccc(OCC(C)NC(=O)C(C)Oc2ccccc2Cl)cc1. The number of aryl methyl sites for hydroxylation is 1. The fourth-order valence-corrected chi connectivity index (χ4v) is 2.22. The third kappa shape index (κ3) is 5.46. The normalized spacial score (nSPS) is 13.0. The molecule has 2 aromatic rings. The molecule has 2 aromatic carbocycles. The van der Waals surface area contributed by atoms with Crippen molar-refractivity contribution in [1.29, 1.82) is 0 Å². The van der Waals surface area contributed by atoms with Crippen LogP contribution in [0.2, 0.25) is 5.02 Å². The van der Waals surface area contributed by atoms with E-state index < -0.39 is 6.10 Å². The second kappa shape index (κ2) is 8.60. The van der Waals surface area contributed by atoms with Crippen molar-refractivity contribution in [2.75, 3.05) is 6.61 Å². The van der Waals surface area contributed by atoms with E-state index in [1.807, 2.05) is 50.2 Å². The second-order valence-electron chi connectivity index (χ2n) is 5.72. The van der Waals surface area contributed by atoms with Gasteiger partial charge in [-0.25, -0.2) is 0 Å². The molecule has 2 rings (SSSR count). The molecule has 0 aliphatic carbocycles. The molecule has 2 unspecified atom stereocenters. The highest BCUT2D eigenvalue weighted by Gasteiger charge is 2.18. The van der Waals surface area contributed by atoms with Gasteiger partial charge in [-0.15, -0.1) is 0 Å². The minimum atomic E-state index is -0.647. The summed E-state index contributed by atoms with van der Waals surface area (Å²) in [6.07, 6.45) is -0.647. The van der Waals surface area contributed by atoms with Crippen LogP contribution in [0.5, 0.6) is 11.5 Å². The molecule has 0 aliphatic heterocycles. The standard InChI is InChI=1S/C19H22ClNO3/c1-13-8-10-16(11-9-13)23-12-14(2)21-19(22)15(3)24-18-7-5-4-6-17(18)20/h4-11,14-15H,12H2,1-3H3,(H,21,22). The number of hydrogen-bond donors (Lipinski definition) is 1. The first-order valence-corrected chi connectivity index (χ1v) is 8.24. The van der Waals surface area contributed by atoms with Crippen LogP contribution in [0.25, 0.3) is 0 Å². The molecule has 0 fully saturated rings. The highest BCUT2D eigenvalue weighted by molar-refractivity contribution is 6.32. The lowest BCUT2D eigenvalue weighted by Gasteiger charge is -2.19. The average Bonchev–Trinajstić information content (AvgIpc) is 2.56. The molecule has 1 amide bonds. The van der Waals surface area contributed by atoms with Crippen LogP contribution in [0.3, 0.4) is 0 Å².